The van der Waals surface area contributed by atoms with E-state index in [0.29, 0.717) is 48.1 Å². The average molecular weight is 382 g/mol. The summed E-state index contributed by atoms with van der Waals surface area (Å²) in [6, 6.07) is 7.18. The van der Waals surface area contributed by atoms with Crippen molar-refractivity contribution in [3.8, 4) is 0 Å². The third-order valence-electron chi connectivity index (χ3n) is 4.41. The van der Waals surface area contributed by atoms with Gasteiger partial charge in [0.2, 0.25) is 0 Å². The molecule has 0 radical (unpaired) electrons. The minimum absolute atomic E-state index is 0.0436. The predicted octanol–water partition coefficient (Wildman–Crippen LogP) is 2.72. The second kappa shape index (κ2) is 7.42. The molecule has 8 heteroatoms. The van der Waals surface area contributed by atoms with E-state index in [4.69, 9.17) is 4.74 Å². The highest BCUT2D eigenvalue weighted by Gasteiger charge is 2.21. The van der Waals surface area contributed by atoms with Gasteiger partial charge in [0, 0.05) is 30.5 Å². The number of nitrogens with one attached hydrogen (secondary N) is 1. The van der Waals surface area contributed by atoms with Crippen LogP contribution in [0.1, 0.15) is 25.7 Å². The van der Waals surface area contributed by atoms with Gasteiger partial charge >= 0.3 is 0 Å². The van der Waals surface area contributed by atoms with Crippen molar-refractivity contribution in [3.05, 3.63) is 52.8 Å². The Bertz CT molecular complexity index is 978. The Morgan fingerprint density at radius 2 is 2.04 bits per heavy atom. The molecule has 1 fully saturated rings. The highest BCUT2D eigenvalue weighted by atomic mass is 32.1. The maximum atomic E-state index is 12.8. The minimum Gasteiger partial charge on any atom is -0.378 e. The van der Waals surface area contributed by atoms with E-state index in [1.54, 1.807) is 29.4 Å². The molecular weight excluding hydrogens is 364 g/mol. The number of morpholine rings is 1. The first-order valence-electron chi connectivity index (χ1n) is 8.61. The summed E-state index contributed by atoms with van der Waals surface area (Å²) in [6.45, 7) is 4.14. The summed E-state index contributed by atoms with van der Waals surface area (Å²) in [5.41, 5.74) is 2.72. The van der Waals surface area contributed by atoms with Gasteiger partial charge in [-0.2, -0.15) is 0 Å². The molecule has 0 atom stereocenters. The first-order chi connectivity index (χ1) is 13.1. The van der Waals surface area contributed by atoms with Gasteiger partial charge in [-0.25, -0.2) is 4.98 Å². The third kappa shape index (κ3) is 3.67. The third-order valence-corrected chi connectivity index (χ3v) is 5.44. The van der Waals surface area contributed by atoms with Crippen LogP contribution in [0.5, 0.6) is 0 Å². The monoisotopic (exact) mass is 382 g/mol. The van der Waals surface area contributed by atoms with Crippen molar-refractivity contribution in [3.63, 3.8) is 0 Å². The van der Waals surface area contributed by atoms with Crippen LogP contribution < -0.4 is 5.32 Å². The molecule has 0 unspecified atom stereocenters. The Morgan fingerprint density at radius 3 is 2.81 bits per heavy atom. The normalized spacial score (nSPS) is 14.3. The van der Waals surface area contributed by atoms with E-state index in [1.807, 2.05) is 19.1 Å². The van der Waals surface area contributed by atoms with E-state index in [1.165, 1.54) is 11.3 Å². The number of thiazole rings is 1. The van der Waals surface area contributed by atoms with Gasteiger partial charge in [-0.3, -0.25) is 14.6 Å². The molecule has 0 saturated carbocycles. The van der Waals surface area contributed by atoms with Crippen LogP contribution in [0.25, 0.3) is 10.2 Å². The number of anilines is 1. The van der Waals surface area contributed by atoms with Crippen molar-refractivity contribution in [1.82, 2.24) is 14.9 Å². The van der Waals surface area contributed by atoms with Crippen molar-refractivity contribution in [1.29, 1.82) is 0 Å². The number of amides is 2. The highest BCUT2D eigenvalue weighted by Crippen LogP contribution is 2.23. The van der Waals surface area contributed by atoms with Gasteiger partial charge in [-0.05, 0) is 30.7 Å². The Morgan fingerprint density at radius 1 is 1.22 bits per heavy atom. The number of pyridine rings is 1. The summed E-state index contributed by atoms with van der Waals surface area (Å²) in [4.78, 5) is 35.4. The lowest BCUT2D eigenvalue weighted by Crippen LogP contribution is -2.41. The zero-order chi connectivity index (χ0) is 18.8. The van der Waals surface area contributed by atoms with E-state index < -0.39 is 0 Å². The number of carbonyl (C=O) groups excluding carboxylic acids is 2. The summed E-state index contributed by atoms with van der Waals surface area (Å²) >= 11 is 1.31. The molecule has 0 aliphatic carbocycles. The standard InChI is InChI=1S/C19H18N4O3S/c1-12-2-3-13(10-14(12)19(25)23-6-8-26-9-7-23)21-17(24)18-22-15-11-20-5-4-16(15)27-18/h2-5,10-11H,6-9H2,1H3,(H,21,24). The minimum atomic E-state index is -0.301. The van der Waals surface area contributed by atoms with Crippen LogP contribution in [0.2, 0.25) is 0 Å². The zero-order valence-corrected chi connectivity index (χ0v) is 15.6. The lowest BCUT2D eigenvalue weighted by atomic mass is 10.1. The molecule has 0 bridgehead atoms. The van der Waals surface area contributed by atoms with Crippen molar-refractivity contribution >= 4 is 39.1 Å². The van der Waals surface area contributed by atoms with Gasteiger partial charge in [-0.1, -0.05) is 6.07 Å². The van der Waals surface area contributed by atoms with Crippen molar-refractivity contribution < 1.29 is 14.3 Å². The molecule has 2 amide bonds. The summed E-state index contributed by atoms with van der Waals surface area (Å²) in [5, 5.41) is 3.20. The van der Waals surface area contributed by atoms with E-state index in [2.05, 4.69) is 15.3 Å². The van der Waals surface area contributed by atoms with Gasteiger partial charge < -0.3 is 15.0 Å². The van der Waals surface area contributed by atoms with Crippen LogP contribution in [0, 0.1) is 6.92 Å². The zero-order valence-electron chi connectivity index (χ0n) is 14.8. The van der Waals surface area contributed by atoms with Crippen LogP contribution in [0.15, 0.2) is 36.7 Å². The summed E-state index contributed by atoms with van der Waals surface area (Å²) in [6.07, 6.45) is 3.30. The Labute approximate surface area is 160 Å². The summed E-state index contributed by atoms with van der Waals surface area (Å²) in [5.74, 6) is -0.345. The summed E-state index contributed by atoms with van der Waals surface area (Å²) in [7, 11) is 0. The number of ether oxygens (including phenoxy) is 1. The number of benzene rings is 1. The van der Waals surface area contributed by atoms with E-state index in [0.717, 1.165) is 10.3 Å². The van der Waals surface area contributed by atoms with E-state index in [9.17, 15) is 9.59 Å². The fourth-order valence-corrected chi connectivity index (χ4v) is 3.76. The highest BCUT2D eigenvalue weighted by molar-refractivity contribution is 7.20. The number of aromatic nitrogens is 2. The SMILES string of the molecule is Cc1ccc(NC(=O)c2nc3cnccc3s2)cc1C(=O)N1CCOCC1. The lowest BCUT2D eigenvalue weighted by molar-refractivity contribution is 0.0302. The second-order valence-corrected chi connectivity index (χ2v) is 7.28. The number of rotatable bonds is 3. The van der Waals surface area contributed by atoms with Gasteiger partial charge in [0.15, 0.2) is 5.01 Å². The first kappa shape index (κ1) is 17.6. The Balaban J connectivity index is 1.55. The molecule has 27 heavy (non-hydrogen) atoms. The van der Waals surface area contributed by atoms with Crippen LogP contribution in [0.3, 0.4) is 0 Å². The largest absolute Gasteiger partial charge is 0.378 e. The lowest BCUT2D eigenvalue weighted by Gasteiger charge is -2.27. The molecule has 1 aliphatic rings. The van der Waals surface area contributed by atoms with E-state index >= 15 is 0 Å². The number of hydrogen-bond donors (Lipinski definition) is 1. The molecule has 138 valence electrons. The number of fused-ring (bicyclic) bond motifs is 1. The fraction of sp³-hybridized carbons (Fsp3) is 0.263. The van der Waals surface area contributed by atoms with Crippen LogP contribution in [-0.2, 0) is 4.74 Å². The van der Waals surface area contributed by atoms with Crippen molar-refractivity contribution in [2.75, 3.05) is 31.6 Å². The topological polar surface area (TPSA) is 84.4 Å². The molecule has 4 rings (SSSR count). The maximum Gasteiger partial charge on any atom is 0.284 e. The molecule has 3 heterocycles. The number of hydrogen-bond acceptors (Lipinski definition) is 6. The van der Waals surface area contributed by atoms with Gasteiger partial charge in [0.05, 0.1) is 24.1 Å². The fourth-order valence-electron chi connectivity index (χ4n) is 2.93. The Kier molecular flexibility index (Phi) is 4.83. The van der Waals surface area contributed by atoms with Crippen molar-refractivity contribution in [2.24, 2.45) is 0 Å². The number of aryl methyl sites for hydroxylation is 1. The van der Waals surface area contributed by atoms with Gasteiger partial charge in [0.25, 0.3) is 11.8 Å². The molecule has 1 N–H and O–H groups in total. The molecule has 1 saturated heterocycles. The van der Waals surface area contributed by atoms with Crippen LogP contribution in [-0.4, -0.2) is 53.0 Å². The molecular formula is C19H18N4O3S. The van der Waals surface area contributed by atoms with E-state index in [-0.39, 0.29) is 11.8 Å². The molecule has 3 aromatic rings. The van der Waals surface area contributed by atoms with Gasteiger partial charge in [-0.15, -0.1) is 11.3 Å². The molecule has 7 nitrogen and oxygen atoms in total. The summed E-state index contributed by atoms with van der Waals surface area (Å²) < 4.78 is 6.21. The number of carbonyl (C=O) groups is 2. The van der Waals surface area contributed by atoms with Crippen LogP contribution in [0.4, 0.5) is 5.69 Å². The quantitative estimate of drug-likeness (QED) is 0.753. The molecule has 2 aromatic heterocycles. The second-order valence-electron chi connectivity index (χ2n) is 6.25. The predicted molar refractivity (Wildman–Crippen MR) is 103 cm³/mol. The van der Waals surface area contributed by atoms with Crippen molar-refractivity contribution in [2.45, 2.75) is 6.92 Å². The van der Waals surface area contributed by atoms with Gasteiger partial charge in [0.1, 0.15) is 5.52 Å². The average Bonchev–Trinajstić information content (AvgIpc) is 3.14. The maximum absolute atomic E-state index is 12.8. The van der Waals surface area contributed by atoms with Crippen LogP contribution >= 0.6 is 11.3 Å². The smallest absolute Gasteiger partial charge is 0.284 e. The first-order valence-corrected chi connectivity index (χ1v) is 9.43. The molecule has 1 aliphatic heterocycles. The molecule has 0 spiro atoms. The molecule has 1 aromatic carbocycles. The number of nitrogens with zero attached hydrogens (tertiary/aromatic N) is 3. The Hall–Kier alpha value is -2.84.